The van der Waals surface area contributed by atoms with E-state index in [1.54, 1.807) is 19.9 Å². The van der Waals surface area contributed by atoms with E-state index in [0.29, 0.717) is 18.9 Å². The second kappa shape index (κ2) is 5.77. The molecule has 1 aliphatic rings. The zero-order valence-corrected chi connectivity index (χ0v) is 10.4. The van der Waals surface area contributed by atoms with Gasteiger partial charge in [0.2, 0.25) is 5.91 Å². The van der Waals surface area contributed by atoms with Gasteiger partial charge in [-0.1, -0.05) is 12.2 Å². The minimum atomic E-state index is -0.457. The maximum absolute atomic E-state index is 12.9. The largest absolute Gasteiger partial charge is 0.379 e. The molecule has 1 rings (SSSR count). The Bertz CT molecular complexity index is 379. The lowest BCUT2D eigenvalue weighted by atomic mass is 9.87. The average Bonchev–Trinajstić information content (AvgIpc) is 2.30. The molecule has 1 fully saturated rings. The first-order valence-corrected chi connectivity index (χ1v) is 5.57. The van der Waals surface area contributed by atoms with Crippen LogP contribution in [0.3, 0.4) is 0 Å². The Morgan fingerprint density at radius 2 is 1.94 bits per heavy atom. The molecule has 17 heavy (non-hydrogen) atoms. The Morgan fingerprint density at radius 1 is 1.29 bits per heavy atom. The van der Waals surface area contributed by atoms with Gasteiger partial charge in [-0.15, -0.1) is 0 Å². The SMILES string of the molecule is C/C=C(F)/C=C\C(=C/C)NC(=O)C1(C)COC1. The number of hydrogen-bond donors (Lipinski definition) is 1. The molecule has 1 saturated heterocycles. The van der Waals surface area contributed by atoms with Gasteiger partial charge < -0.3 is 10.1 Å². The Hall–Kier alpha value is -1.42. The van der Waals surface area contributed by atoms with Crippen molar-refractivity contribution in [3.63, 3.8) is 0 Å². The average molecular weight is 239 g/mol. The summed E-state index contributed by atoms with van der Waals surface area (Å²) in [6.45, 7) is 6.11. The van der Waals surface area contributed by atoms with Crippen LogP contribution in [-0.4, -0.2) is 19.1 Å². The standard InChI is InChI=1S/C13H18FNO2/c1-4-10(14)6-7-11(5-2)15-12(16)13(3)8-17-9-13/h4-7H,8-9H2,1-3H3,(H,15,16)/b7-6-,10-4-,11-5+. The van der Waals surface area contributed by atoms with Gasteiger partial charge in [0.15, 0.2) is 0 Å². The summed E-state index contributed by atoms with van der Waals surface area (Å²) >= 11 is 0. The number of amides is 1. The van der Waals surface area contributed by atoms with Crippen molar-refractivity contribution in [3.05, 3.63) is 35.8 Å². The van der Waals surface area contributed by atoms with E-state index in [9.17, 15) is 9.18 Å². The maximum Gasteiger partial charge on any atom is 0.234 e. The number of halogens is 1. The molecule has 1 heterocycles. The molecule has 1 amide bonds. The summed E-state index contributed by atoms with van der Waals surface area (Å²) in [6, 6.07) is 0. The minimum Gasteiger partial charge on any atom is -0.379 e. The zero-order valence-electron chi connectivity index (χ0n) is 10.4. The van der Waals surface area contributed by atoms with Gasteiger partial charge in [0, 0.05) is 5.70 Å². The van der Waals surface area contributed by atoms with E-state index in [4.69, 9.17) is 4.74 Å². The summed E-state index contributed by atoms with van der Waals surface area (Å²) in [4.78, 5) is 11.9. The van der Waals surface area contributed by atoms with Crippen LogP contribution in [0.25, 0.3) is 0 Å². The maximum atomic E-state index is 12.9. The monoisotopic (exact) mass is 239 g/mol. The summed E-state index contributed by atoms with van der Waals surface area (Å²) in [5.41, 5.74) is 0.126. The van der Waals surface area contributed by atoms with Gasteiger partial charge in [-0.25, -0.2) is 4.39 Å². The lowest BCUT2D eigenvalue weighted by molar-refractivity contribution is -0.156. The highest BCUT2D eigenvalue weighted by Gasteiger charge is 2.41. The van der Waals surface area contributed by atoms with Crippen LogP contribution in [0.1, 0.15) is 20.8 Å². The van der Waals surface area contributed by atoms with Crippen LogP contribution in [0.15, 0.2) is 35.8 Å². The number of allylic oxidation sites excluding steroid dienone is 5. The smallest absolute Gasteiger partial charge is 0.234 e. The second-order valence-corrected chi connectivity index (χ2v) is 4.26. The Balaban J connectivity index is 2.59. The van der Waals surface area contributed by atoms with Crippen molar-refractivity contribution in [2.24, 2.45) is 5.41 Å². The zero-order chi connectivity index (χ0) is 12.9. The van der Waals surface area contributed by atoms with Crippen LogP contribution in [0.4, 0.5) is 4.39 Å². The van der Waals surface area contributed by atoms with E-state index >= 15 is 0 Å². The van der Waals surface area contributed by atoms with Crippen LogP contribution < -0.4 is 5.32 Å². The third kappa shape index (κ3) is 3.53. The molecule has 0 unspecified atom stereocenters. The molecular weight excluding hydrogens is 221 g/mol. The van der Waals surface area contributed by atoms with Gasteiger partial charge in [0.25, 0.3) is 0 Å². The highest BCUT2D eigenvalue weighted by molar-refractivity contribution is 5.85. The molecule has 0 aromatic rings. The number of nitrogens with one attached hydrogen (secondary N) is 1. The summed E-state index contributed by atoms with van der Waals surface area (Å²) in [5.74, 6) is -0.431. The van der Waals surface area contributed by atoms with Crippen molar-refractivity contribution in [2.75, 3.05) is 13.2 Å². The fourth-order valence-electron chi connectivity index (χ4n) is 1.30. The van der Waals surface area contributed by atoms with Crippen LogP contribution in [0.5, 0.6) is 0 Å². The van der Waals surface area contributed by atoms with Gasteiger partial charge >= 0.3 is 0 Å². The molecule has 94 valence electrons. The third-order valence-corrected chi connectivity index (χ3v) is 2.66. The minimum absolute atomic E-state index is 0.0950. The number of ether oxygens (including phenoxy) is 1. The number of hydrogen-bond acceptors (Lipinski definition) is 2. The van der Waals surface area contributed by atoms with Crippen molar-refractivity contribution >= 4 is 5.91 Å². The summed E-state index contributed by atoms with van der Waals surface area (Å²) in [5, 5.41) is 2.75. The Labute approximate surface area is 101 Å². The van der Waals surface area contributed by atoms with E-state index in [2.05, 4.69) is 5.32 Å². The fourth-order valence-corrected chi connectivity index (χ4v) is 1.30. The fraction of sp³-hybridized carbons (Fsp3) is 0.462. The first-order chi connectivity index (χ1) is 8.01. The van der Waals surface area contributed by atoms with Crippen LogP contribution >= 0.6 is 0 Å². The topological polar surface area (TPSA) is 38.3 Å². The predicted octanol–water partition coefficient (Wildman–Crippen LogP) is 2.47. The second-order valence-electron chi connectivity index (χ2n) is 4.26. The van der Waals surface area contributed by atoms with Gasteiger partial charge in [-0.3, -0.25) is 4.79 Å². The molecule has 0 atom stereocenters. The van der Waals surface area contributed by atoms with Crippen molar-refractivity contribution in [2.45, 2.75) is 20.8 Å². The molecule has 1 aliphatic heterocycles. The highest BCUT2D eigenvalue weighted by Crippen LogP contribution is 2.26. The first kappa shape index (κ1) is 13.6. The molecule has 0 radical (unpaired) electrons. The third-order valence-electron chi connectivity index (χ3n) is 2.66. The Morgan fingerprint density at radius 3 is 2.35 bits per heavy atom. The van der Waals surface area contributed by atoms with E-state index in [1.807, 2.05) is 6.92 Å². The van der Waals surface area contributed by atoms with Crippen LogP contribution in [0, 0.1) is 5.41 Å². The summed E-state index contributed by atoms with van der Waals surface area (Å²) in [7, 11) is 0. The molecule has 0 aromatic heterocycles. The summed E-state index contributed by atoms with van der Waals surface area (Å²) in [6.07, 6.45) is 5.93. The normalized spacial score (nSPS) is 20.2. The Kier molecular flexibility index (Phi) is 4.63. The lowest BCUT2D eigenvalue weighted by Gasteiger charge is -2.36. The lowest BCUT2D eigenvalue weighted by Crippen LogP contribution is -2.51. The van der Waals surface area contributed by atoms with Crippen molar-refractivity contribution < 1.29 is 13.9 Å². The van der Waals surface area contributed by atoms with Crippen molar-refractivity contribution in [1.29, 1.82) is 0 Å². The predicted molar refractivity (Wildman–Crippen MR) is 64.8 cm³/mol. The first-order valence-electron chi connectivity index (χ1n) is 5.57. The quantitative estimate of drug-likeness (QED) is 0.765. The molecule has 0 bridgehead atoms. The van der Waals surface area contributed by atoms with Gasteiger partial charge in [-0.2, -0.15) is 0 Å². The van der Waals surface area contributed by atoms with Crippen molar-refractivity contribution in [3.8, 4) is 0 Å². The molecule has 0 spiro atoms. The van der Waals surface area contributed by atoms with E-state index < -0.39 is 5.41 Å². The van der Waals surface area contributed by atoms with Crippen LogP contribution in [-0.2, 0) is 9.53 Å². The highest BCUT2D eigenvalue weighted by atomic mass is 19.1. The van der Waals surface area contributed by atoms with E-state index in [1.165, 1.54) is 18.2 Å². The van der Waals surface area contributed by atoms with Crippen molar-refractivity contribution in [1.82, 2.24) is 5.32 Å². The molecule has 0 aliphatic carbocycles. The number of carbonyl (C=O) groups excluding carboxylic acids is 1. The van der Waals surface area contributed by atoms with Gasteiger partial charge in [0.05, 0.1) is 18.6 Å². The summed E-state index contributed by atoms with van der Waals surface area (Å²) < 4.78 is 17.9. The molecule has 4 heteroatoms. The van der Waals surface area contributed by atoms with Gasteiger partial charge in [-0.05, 0) is 32.9 Å². The molecule has 0 saturated carbocycles. The molecular formula is C13H18FNO2. The number of rotatable bonds is 4. The van der Waals surface area contributed by atoms with E-state index in [0.717, 1.165) is 0 Å². The molecule has 1 N–H and O–H groups in total. The molecule has 0 aromatic carbocycles. The van der Waals surface area contributed by atoms with E-state index in [-0.39, 0.29) is 11.7 Å². The van der Waals surface area contributed by atoms with Crippen LogP contribution in [0.2, 0.25) is 0 Å². The molecule has 3 nitrogen and oxygen atoms in total. The number of carbonyl (C=O) groups is 1. The van der Waals surface area contributed by atoms with Gasteiger partial charge in [0.1, 0.15) is 5.83 Å².